The van der Waals surface area contributed by atoms with Crippen molar-refractivity contribution in [1.29, 1.82) is 0 Å². The molecular formula is C11H17NO2. The van der Waals surface area contributed by atoms with Crippen LogP contribution in [0.1, 0.15) is 16.7 Å². The maximum absolute atomic E-state index is 9.61. The van der Waals surface area contributed by atoms with Gasteiger partial charge in [0.25, 0.3) is 0 Å². The van der Waals surface area contributed by atoms with E-state index in [1.807, 2.05) is 19.9 Å². The van der Waals surface area contributed by atoms with E-state index in [2.05, 4.69) is 0 Å². The lowest BCUT2D eigenvalue weighted by molar-refractivity contribution is 0.182. The molecule has 0 fully saturated rings. The SMILES string of the molecule is Cc1cc(O)c(CC(O)CN)cc1C. The summed E-state index contributed by atoms with van der Waals surface area (Å²) in [6.45, 7) is 4.14. The van der Waals surface area contributed by atoms with Crippen molar-refractivity contribution < 1.29 is 10.2 Å². The Morgan fingerprint density at radius 2 is 1.86 bits per heavy atom. The number of aliphatic hydroxyl groups is 1. The van der Waals surface area contributed by atoms with Crippen molar-refractivity contribution in [3.8, 4) is 5.75 Å². The number of nitrogens with two attached hydrogens (primary N) is 1. The highest BCUT2D eigenvalue weighted by atomic mass is 16.3. The molecule has 0 aromatic heterocycles. The summed E-state index contributed by atoms with van der Waals surface area (Å²) >= 11 is 0. The van der Waals surface area contributed by atoms with Crippen molar-refractivity contribution in [1.82, 2.24) is 0 Å². The Hall–Kier alpha value is -1.06. The normalized spacial score (nSPS) is 12.9. The number of aliphatic hydroxyl groups excluding tert-OH is 1. The van der Waals surface area contributed by atoms with Crippen LogP contribution >= 0.6 is 0 Å². The zero-order chi connectivity index (χ0) is 10.7. The van der Waals surface area contributed by atoms with Gasteiger partial charge in [0.2, 0.25) is 0 Å². The molecule has 0 aliphatic rings. The van der Waals surface area contributed by atoms with Gasteiger partial charge in [0.15, 0.2) is 0 Å². The maximum atomic E-state index is 9.61. The molecule has 0 radical (unpaired) electrons. The second-order valence-electron chi connectivity index (χ2n) is 3.66. The summed E-state index contributed by atoms with van der Waals surface area (Å²) in [5, 5.41) is 19.0. The minimum atomic E-state index is -0.581. The van der Waals surface area contributed by atoms with Crippen LogP contribution < -0.4 is 5.73 Å². The smallest absolute Gasteiger partial charge is 0.119 e. The van der Waals surface area contributed by atoms with E-state index in [4.69, 9.17) is 5.73 Å². The Kier molecular flexibility index (Phi) is 3.49. The lowest BCUT2D eigenvalue weighted by Crippen LogP contribution is -2.22. The first kappa shape index (κ1) is 11.0. The van der Waals surface area contributed by atoms with Crippen LogP contribution in [0.2, 0.25) is 0 Å². The Bertz CT molecular complexity index is 323. The van der Waals surface area contributed by atoms with Crippen LogP contribution in [0.5, 0.6) is 5.75 Å². The van der Waals surface area contributed by atoms with Crippen LogP contribution in [0, 0.1) is 13.8 Å². The van der Waals surface area contributed by atoms with Crippen molar-refractivity contribution in [3.63, 3.8) is 0 Å². The van der Waals surface area contributed by atoms with E-state index < -0.39 is 6.10 Å². The fourth-order valence-electron chi connectivity index (χ4n) is 1.36. The second kappa shape index (κ2) is 4.44. The number of hydrogen-bond acceptors (Lipinski definition) is 3. The molecule has 0 spiro atoms. The molecule has 0 saturated heterocycles. The van der Waals surface area contributed by atoms with Crippen LogP contribution in [-0.2, 0) is 6.42 Å². The number of hydrogen-bond donors (Lipinski definition) is 3. The average molecular weight is 195 g/mol. The maximum Gasteiger partial charge on any atom is 0.119 e. The van der Waals surface area contributed by atoms with Crippen molar-refractivity contribution >= 4 is 0 Å². The van der Waals surface area contributed by atoms with Gasteiger partial charge in [-0.15, -0.1) is 0 Å². The summed E-state index contributed by atoms with van der Waals surface area (Å²) in [6, 6.07) is 3.61. The van der Waals surface area contributed by atoms with Gasteiger partial charge in [0.1, 0.15) is 5.75 Å². The summed E-state index contributed by atoms with van der Waals surface area (Å²) in [7, 11) is 0. The van der Waals surface area contributed by atoms with Crippen molar-refractivity contribution in [3.05, 3.63) is 28.8 Å². The van der Waals surface area contributed by atoms with Gasteiger partial charge in [0, 0.05) is 13.0 Å². The second-order valence-corrected chi connectivity index (χ2v) is 3.66. The lowest BCUT2D eigenvalue weighted by Gasteiger charge is -2.11. The summed E-state index contributed by atoms with van der Waals surface area (Å²) in [5.74, 6) is 0.237. The van der Waals surface area contributed by atoms with Gasteiger partial charge in [0.05, 0.1) is 6.10 Å². The molecule has 0 amide bonds. The van der Waals surface area contributed by atoms with E-state index in [1.165, 1.54) is 0 Å². The minimum absolute atomic E-state index is 0.215. The first-order chi connectivity index (χ1) is 6.54. The molecular weight excluding hydrogens is 178 g/mol. The molecule has 1 unspecified atom stereocenters. The number of aromatic hydroxyl groups is 1. The molecule has 3 heteroatoms. The Morgan fingerprint density at radius 3 is 2.43 bits per heavy atom. The van der Waals surface area contributed by atoms with Crippen LogP contribution in [0.4, 0.5) is 0 Å². The predicted octanol–water partition coefficient (Wildman–Crippen LogP) is 0.871. The fraction of sp³-hybridized carbons (Fsp3) is 0.455. The van der Waals surface area contributed by atoms with Gasteiger partial charge >= 0.3 is 0 Å². The zero-order valence-electron chi connectivity index (χ0n) is 8.62. The monoisotopic (exact) mass is 195 g/mol. The highest BCUT2D eigenvalue weighted by Crippen LogP contribution is 2.22. The molecule has 0 bridgehead atoms. The van der Waals surface area contributed by atoms with E-state index in [9.17, 15) is 10.2 Å². The molecule has 4 N–H and O–H groups in total. The molecule has 0 aliphatic carbocycles. The van der Waals surface area contributed by atoms with Gasteiger partial charge in [-0.3, -0.25) is 0 Å². The Labute approximate surface area is 84.2 Å². The Morgan fingerprint density at radius 1 is 1.29 bits per heavy atom. The molecule has 1 atom stereocenters. The number of benzene rings is 1. The molecule has 78 valence electrons. The van der Waals surface area contributed by atoms with Gasteiger partial charge in [-0.2, -0.15) is 0 Å². The first-order valence-electron chi connectivity index (χ1n) is 4.71. The summed E-state index contributed by atoms with van der Waals surface area (Å²) in [6.07, 6.45) is -0.174. The molecule has 1 aromatic carbocycles. The zero-order valence-corrected chi connectivity index (χ0v) is 8.62. The quantitative estimate of drug-likeness (QED) is 0.670. The highest BCUT2D eigenvalue weighted by molar-refractivity contribution is 5.41. The number of phenolic OH excluding ortho intramolecular Hbond substituents is 1. The fourth-order valence-corrected chi connectivity index (χ4v) is 1.36. The van der Waals surface area contributed by atoms with Gasteiger partial charge < -0.3 is 15.9 Å². The largest absolute Gasteiger partial charge is 0.508 e. The van der Waals surface area contributed by atoms with Crippen molar-refractivity contribution in [2.24, 2.45) is 5.73 Å². The van der Waals surface area contributed by atoms with Crippen LogP contribution in [0.3, 0.4) is 0 Å². The van der Waals surface area contributed by atoms with Crippen LogP contribution in [-0.4, -0.2) is 22.9 Å². The predicted molar refractivity (Wildman–Crippen MR) is 56.3 cm³/mol. The molecule has 0 aliphatic heterocycles. The Balaban J connectivity index is 2.92. The van der Waals surface area contributed by atoms with Gasteiger partial charge in [-0.1, -0.05) is 6.07 Å². The van der Waals surface area contributed by atoms with E-state index >= 15 is 0 Å². The molecule has 1 rings (SSSR count). The number of aryl methyl sites for hydroxylation is 2. The van der Waals surface area contributed by atoms with Crippen LogP contribution in [0.25, 0.3) is 0 Å². The molecule has 0 saturated carbocycles. The third-order valence-electron chi connectivity index (χ3n) is 2.42. The minimum Gasteiger partial charge on any atom is -0.508 e. The van der Waals surface area contributed by atoms with Gasteiger partial charge in [-0.05, 0) is 36.6 Å². The summed E-state index contributed by atoms with van der Waals surface area (Å²) in [4.78, 5) is 0. The molecule has 1 aromatic rings. The van der Waals surface area contributed by atoms with E-state index in [0.717, 1.165) is 16.7 Å². The highest BCUT2D eigenvalue weighted by Gasteiger charge is 2.08. The molecule has 0 heterocycles. The standard InChI is InChI=1S/C11H17NO2/c1-7-3-9(5-10(13)6-12)11(14)4-8(7)2/h3-4,10,13-14H,5-6,12H2,1-2H3. The average Bonchev–Trinajstić information content (AvgIpc) is 2.14. The molecule has 3 nitrogen and oxygen atoms in total. The lowest BCUT2D eigenvalue weighted by atomic mass is 10.0. The molecule has 14 heavy (non-hydrogen) atoms. The van der Waals surface area contributed by atoms with Gasteiger partial charge in [-0.25, -0.2) is 0 Å². The topological polar surface area (TPSA) is 66.5 Å². The van der Waals surface area contributed by atoms with E-state index in [-0.39, 0.29) is 12.3 Å². The van der Waals surface area contributed by atoms with Crippen LogP contribution in [0.15, 0.2) is 12.1 Å². The summed E-state index contributed by atoms with van der Waals surface area (Å²) < 4.78 is 0. The van der Waals surface area contributed by atoms with Crippen molar-refractivity contribution in [2.75, 3.05) is 6.54 Å². The first-order valence-corrected chi connectivity index (χ1v) is 4.71. The van der Waals surface area contributed by atoms with E-state index in [0.29, 0.717) is 6.42 Å². The van der Waals surface area contributed by atoms with E-state index in [1.54, 1.807) is 6.07 Å². The van der Waals surface area contributed by atoms with Crippen molar-refractivity contribution in [2.45, 2.75) is 26.4 Å². The third kappa shape index (κ3) is 2.47. The third-order valence-corrected chi connectivity index (χ3v) is 2.42. The number of phenols is 1. The number of rotatable bonds is 3. The summed E-state index contributed by atoms with van der Waals surface area (Å²) in [5.41, 5.74) is 8.22.